The molecular formula is C3H7NO3S. The largest absolute Gasteiger partial charge is 0.372 e. The highest BCUT2D eigenvalue weighted by Gasteiger charge is 2.26. The van der Waals surface area contributed by atoms with Crippen LogP contribution in [-0.4, -0.2) is 26.9 Å². The molecule has 0 aliphatic carbocycles. The Kier molecular flexibility index (Phi) is 1.26. The molecule has 1 rings (SSSR count). The van der Waals surface area contributed by atoms with Crippen LogP contribution >= 0.6 is 0 Å². The maximum atomic E-state index is 10.2. The van der Waals surface area contributed by atoms with Crippen molar-refractivity contribution < 1.29 is 13.2 Å². The molecule has 1 aliphatic rings. The van der Waals surface area contributed by atoms with Crippen molar-refractivity contribution >= 4 is 10.0 Å². The van der Waals surface area contributed by atoms with Crippen LogP contribution in [0.2, 0.25) is 0 Å². The summed E-state index contributed by atoms with van der Waals surface area (Å²) in [4.78, 5) is 0. The van der Waals surface area contributed by atoms with Crippen LogP contribution in [0.3, 0.4) is 0 Å². The Morgan fingerprint density at radius 2 is 2.25 bits per heavy atom. The Bertz CT molecular complexity index is 169. The van der Waals surface area contributed by atoms with Crippen molar-refractivity contribution in [3.63, 3.8) is 0 Å². The molecule has 0 saturated carbocycles. The van der Waals surface area contributed by atoms with E-state index in [1.165, 1.54) is 0 Å². The maximum absolute atomic E-state index is 10.2. The van der Waals surface area contributed by atoms with Crippen molar-refractivity contribution in [3.05, 3.63) is 0 Å². The molecule has 1 fully saturated rings. The molecule has 8 heavy (non-hydrogen) atoms. The van der Waals surface area contributed by atoms with Gasteiger partial charge in [0.1, 0.15) is 0 Å². The van der Waals surface area contributed by atoms with E-state index in [0.29, 0.717) is 6.61 Å². The number of nitrogens with two attached hydrogens (primary N) is 1. The van der Waals surface area contributed by atoms with Crippen LogP contribution in [0, 0.1) is 0 Å². The van der Waals surface area contributed by atoms with E-state index in [9.17, 15) is 8.42 Å². The predicted molar refractivity (Wildman–Crippen MR) is 27.7 cm³/mol. The highest BCUT2D eigenvalue weighted by Crippen LogP contribution is 2.09. The summed E-state index contributed by atoms with van der Waals surface area (Å²) in [5.74, 6) is -0.0347. The second kappa shape index (κ2) is 1.68. The minimum atomic E-state index is -3.29. The highest BCUT2D eigenvalue weighted by molar-refractivity contribution is 7.89. The van der Waals surface area contributed by atoms with Gasteiger partial charge in [0, 0.05) is 0 Å². The summed E-state index contributed by atoms with van der Waals surface area (Å²) in [5.41, 5.74) is 0. The van der Waals surface area contributed by atoms with E-state index in [-0.39, 0.29) is 11.9 Å². The molecule has 5 heteroatoms. The van der Waals surface area contributed by atoms with Gasteiger partial charge in [-0.05, 0) is 0 Å². The Labute approximate surface area is 47.7 Å². The van der Waals surface area contributed by atoms with Crippen molar-refractivity contribution in [2.75, 3.05) is 12.4 Å². The van der Waals surface area contributed by atoms with Crippen LogP contribution in [0.5, 0.6) is 0 Å². The quantitative estimate of drug-likeness (QED) is 0.479. The third-order valence-corrected chi connectivity index (χ3v) is 1.66. The molecule has 0 aromatic rings. The van der Waals surface area contributed by atoms with Gasteiger partial charge in [-0.1, -0.05) is 0 Å². The third-order valence-electron chi connectivity index (χ3n) is 0.821. The lowest BCUT2D eigenvalue weighted by Crippen LogP contribution is -2.19. The first-order chi connectivity index (χ1) is 3.58. The monoisotopic (exact) mass is 137 g/mol. The summed E-state index contributed by atoms with van der Waals surface area (Å²) >= 11 is 0. The molecule has 1 heterocycles. The summed E-state index contributed by atoms with van der Waals surface area (Å²) in [6, 6.07) is 0. The maximum Gasteiger partial charge on any atom is 0.211 e. The summed E-state index contributed by atoms with van der Waals surface area (Å²) in [5, 5.41) is 4.67. The molecule has 0 amide bonds. The van der Waals surface area contributed by atoms with Crippen LogP contribution in [0.4, 0.5) is 0 Å². The van der Waals surface area contributed by atoms with Gasteiger partial charge in [0.15, 0.2) is 0 Å². The topological polar surface area (TPSA) is 72.7 Å². The van der Waals surface area contributed by atoms with Gasteiger partial charge in [0.05, 0.1) is 18.5 Å². The molecular weight excluding hydrogens is 130 g/mol. The van der Waals surface area contributed by atoms with Gasteiger partial charge in [0.25, 0.3) is 0 Å². The van der Waals surface area contributed by atoms with E-state index in [1.807, 2.05) is 0 Å². The van der Waals surface area contributed by atoms with E-state index in [1.54, 1.807) is 0 Å². The second-order valence-electron chi connectivity index (χ2n) is 1.78. The zero-order chi connectivity index (χ0) is 6.20. The predicted octanol–water partition coefficient (Wildman–Crippen LogP) is -1.33. The van der Waals surface area contributed by atoms with Gasteiger partial charge >= 0.3 is 0 Å². The number of primary sulfonamides is 1. The smallest absolute Gasteiger partial charge is 0.211 e. The van der Waals surface area contributed by atoms with Crippen LogP contribution < -0.4 is 5.14 Å². The van der Waals surface area contributed by atoms with Gasteiger partial charge in [0.2, 0.25) is 10.0 Å². The van der Waals surface area contributed by atoms with E-state index in [0.717, 1.165) is 0 Å². The van der Waals surface area contributed by atoms with E-state index in [2.05, 4.69) is 9.88 Å². The number of sulfonamides is 1. The van der Waals surface area contributed by atoms with Crippen LogP contribution in [0.1, 0.15) is 0 Å². The highest BCUT2D eigenvalue weighted by atomic mass is 32.2. The first-order valence-corrected chi connectivity index (χ1v) is 3.91. The molecule has 1 aliphatic heterocycles. The normalized spacial score (nSPS) is 27.9. The van der Waals surface area contributed by atoms with Crippen molar-refractivity contribution in [3.8, 4) is 0 Å². The van der Waals surface area contributed by atoms with Gasteiger partial charge in [-0.15, -0.1) is 0 Å². The lowest BCUT2D eigenvalue weighted by atomic mass is 10.6. The average Bonchev–Trinajstić information content (AvgIpc) is 2.12. The fourth-order valence-electron chi connectivity index (χ4n) is 0.423. The van der Waals surface area contributed by atoms with Gasteiger partial charge in [-0.25, -0.2) is 13.6 Å². The molecule has 1 saturated heterocycles. The summed E-state index contributed by atoms with van der Waals surface area (Å²) in [6.45, 7) is 0.538. The first-order valence-electron chi connectivity index (χ1n) is 2.20. The Balaban J connectivity index is 2.38. The molecule has 0 radical (unpaired) electrons. The lowest BCUT2D eigenvalue weighted by Gasteiger charge is -1.87. The molecule has 0 aromatic heterocycles. The SMILES string of the molecule is NS(=O)(=O)C[C@@H]1CO1. The zero-order valence-corrected chi connectivity index (χ0v) is 5.02. The molecule has 0 bridgehead atoms. The van der Waals surface area contributed by atoms with Crippen LogP contribution in [-0.2, 0) is 14.8 Å². The Hall–Kier alpha value is -0.130. The number of hydrogen-bond donors (Lipinski definition) is 1. The number of epoxide rings is 1. The number of ether oxygens (including phenoxy) is 1. The number of hydrogen-bond acceptors (Lipinski definition) is 3. The minimum absolute atomic E-state index is 0.0347. The van der Waals surface area contributed by atoms with E-state index < -0.39 is 10.0 Å². The van der Waals surface area contributed by atoms with Gasteiger partial charge in [-0.2, -0.15) is 0 Å². The molecule has 0 unspecified atom stereocenters. The Morgan fingerprint density at radius 3 is 2.38 bits per heavy atom. The fourth-order valence-corrected chi connectivity index (χ4v) is 1.13. The first kappa shape index (κ1) is 6.00. The zero-order valence-electron chi connectivity index (χ0n) is 4.20. The lowest BCUT2D eigenvalue weighted by molar-refractivity contribution is 0.422. The van der Waals surface area contributed by atoms with Crippen molar-refractivity contribution in [1.82, 2.24) is 0 Å². The standard InChI is InChI=1S/C3H7NO3S/c4-8(5,6)2-3-1-7-3/h3H,1-2H2,(H2,4,5,6)/t3-/m0/s1. The second-order valence-corrected chi connectivity index (χ2v) is 3.44. The van der Waals surface area contributed by atoms with Crippen molar-refractivity contribution in [2.24, 2.45) is 5.14 Å². The minimum Gasteiger partial charge on any atom is -0.372 e. The van der Waals surface area contributed by atoms with E-state index >= 15 is 0 Å². The fraction of sp³-hybridized carbons (Fsp3) is 1.00. The average molecular weight is 137 g/mol. The summed E-state index contributed by atoms with van der Waals surface area (Å²) in [6.07, 6.45) is -0.120. The Morgan fingerprint density at radius 1 is 1.75 bits per heavy atom. The molecule has 48 valence electrons. The van der Waals surface area contributed by atoms with Crippen molar-refractivity contribution in [2.45, 2.75) is 6.10 Å². The molecule has 4 nitrogen and oxygen atoms in total. The van der Waals surface area contributed by atoms with Gasteiger partial charge < -0.3 is 4.74 Å². The van der Waals surface area contributed by atoms with Crippen LogP contribution in [0.15, 0.2) is 0 Å². The summed E-state index contributed by atoms with van der Waals surface area (Å²) in [7, 11) is -3.29. The van der Waals surface area contributed by atoms with Gasteiger partial charge in [-0.3, -0.25) is 0 Å². The van der Waals surface area contributed by atoms with E-state index in [4.69, 9.17) is 0 Å². The molecule has 1 atom stereocenters. The third kappa shape index (κ3) is 2.25. The summed E-state index contributed by atoms with van der Waals surface area (Å²) < 4.78 is 25.0. The molecule has 0 aromatic carbocycles. The number of rotatable bonds is 2. The molecule has 2 N–H and O–H groups in total. The molecule has 0 spiro atoms. The van der Waals surface area contributed by atoms with Crippen LogP contribution in [0.25, 0.3) is 0 Å². The van der Waals surface area contributed by atoms with Crippen molar-refractivity contribution in [1.29, 1.82) is 0 Å².